The second kappa shape index (κ2) is 11.3. The Labute approximate surface area is 212 Å². The number of hydrogen-bond donors (Lipinski definition) is 2. The number of fused-ring (bicyclic) bond motifs is 1. The molecule has 0 radical (unpaired) electrons. The fraction of sp³-hybridized carbons (Fsp3) is 0.308. The monoisotopic (exact) mass is 507 g/mol. The molecule has 0 aliphatic carbocycles. The van der Waals surface area contributed by atoms with Gasteiger partial charge in [-0.05, 0) is 56.6 Å². The predicted molar refractivity (Wildman–Crippen MR) is 136 cm³/mol. The average molecular weight is 508 g/mol. The first-order valence-electron chi connectivity index (χ1n) is 12.2. The minimum absolute atomic E-state index is 0.180. The molecule has 192 valence electrons. The molecule has 9 nitrogen and oxygen atoms in total. The highest BCUT2D eigenvalue weighted by atomic mass is 19.2. The van der Waals surface area contributed by atoms with Crippen molar-refractivity contribution in [1.82, 2.24) is 24.6 Å². The normalized spacial score (nSPS) is 13.7. The summed E-state index contributed by atoms with van der Waals surface area (Å²) in [7, 11) is 0. The SMILES string of the molecule is O=C(Cn1cc(Nc2ncnc3cc(OCCCN4CCCC4)ccc23)cn1)Nc1cccc(F)c1F. The lowest BCUT2D eigenvalue weighted by atomic mass is 10.2. The van der Waals surface area contributed by atoms with Gasteiger partial charge in [0.2, 0.25) is 5.91 Å². The number of nitrogens with zero attached hydrogens (tertiary/aromatic N) is 5. The molecule has 0 unspecified atom stereocenters. The summed E-state index contributed by atoms with van der Waals surface area (Å²) < 4.78 is 34.5. The summed E-state index contributed by atoms with van der Waals surface area (Å²) in [5.41, 5.74) is 1.11. The first kappa shape index (κ1) is 24.6. The predicted octanol–water partition coefficient (Wildman–Crippen LogP) is 4.35. The Kier molecular flexibility index (Phi) is 7.50. The molecule has 1 saturated heterocycles. The quantitative estimate of drug-likeness (QED) is 0.308. The number of anilines is 3. The van der Waals surface area contributed by atoms with E-state index in [1.54, 1.807) is 12.4 Å². The smallest absolute Gasteiger partial charge is 0.246 e. The lowest BCUT2D eigenvalue weighted by Crippen LogP contribution is -2.21. The van der Waals surface area contributed by atoms with Crippen molar-refractivity contribution in [1.29, 1.82) is 0 Å². The van der Waals surface area contributed by atoms with Crippen LogP contribution in [0.15, 0.2) is 55.1 Å². The molecule has 1 amide bonds. The van der Waals surface area contributed by atoms with Crippen LogP contribution in [0, 0.1) is 11.6 Å². The molecule has 11 heteroatoms. The molecule has 0 bridgehead atoms. The average Bonchev–Trinajstić information content (AvgIpc) is 3.57. The van der Waals surface area contributed by atoms with E-state index in [0.29, 0.717) is 18.1 Å². The van der Waals surface area contributed by atoms with E-state index in [0.717, 1.165) is 35.7 Å². The van der Waals surface area contributed by atoms with Crippen LogP contribution in [0.3, 0.4) is 0 Å². The zero-order chi connectivity index (χ0) is 25.6. The lowest BCUT2D eigenvalue weighted by Gasteiger charge is -2.14. The maximum atomic E-state index is 13.8. The third-order valence-corrected chi connectivity index (χ3v) is 6.12. The third kappa shape index (κ3) is 6.18. The van der Waals surface area contributed by atoms with Gasteiger partial charge in [-0.3, -0.25) is 9.48 Å². The lowest BCUT2D eigenvalue weighted by molar-refractivity contribution is -0.116. The van der Waals surface area contributed by atoms with Crippen LogP contribution >= 0.6 is 0 Å². The molecule has 5 rings (SSSR count). The van der Waals surface area contributed by atoms with Crippen LogP contribution in [0.2, 0.25) is 0 Å². The molecule has 2 N–H and O–H groups in total. The van der Waals surface area contributed by atoms with Crippen LogP contribution in [0.4, 0.5) is 26.0 Å². The second-order valence-electron chi connectivity index (χ2n) is 8.85. The molecule has 4 aromatic rings. The molecule has 37 heavy (non-hydrogen) atoms. The van der Waals surface area contributed by atoms with Crippen LogP contribution in [0.25, 0.3) is 10.9 Å². The van der Waals surface area contributed by atoms with Gasteiger partial charge in [-0.25, -0.2) is 18.7 Å². The maximum absolute atomic E-state index is 13.8. The Bertz CT molecular complexity index is 1390. The number of hydrogen-bond acceptors (Lipinski definition) is 7. The maximum Gasteiger partial charge on any atom is 0.246 e. The first-order valence-corrected chi connectivity index (χ1v) is 12.2. The number of carbonyl (C=O) groups is 1. The van der Waals surface area contributed by atoms with E-state index in [1.165, 1.54) is 49.1 Å². The van der Waals surface area contributed by atoms with Gasteiger partial charge in [-0.1, -0.05) is 6.07 Å². The number of halogens is 2. The van der Waals surface area contributed by atoms with E-state index in [2.05, 4.69) is 30.6 Å². The van der Waals surface area contributed by atoms with Crippen molar-refractivity contribution < 1.29 is 18.3 Å². The van der Waals surface area contributed by atoms with Gasteiger partial charge in [0, 0.05) is 24.2 Å². The van der Waals surface area contributed by atoms with Crippen LogP contribution in [0.5, 0.6) is 5.75 Å². The van der Waals surface area contributed by atoms with Crippen molar-refractivity contribution in [3.8, 4) is 5.75 Å². The highest BCUT2D eigenvalue weighted by Gasteiger charge is 2.13. The molecule has 0 saturated carbocycles. The summed E-state index contributed by atoms with van der Waals surface area (Å²) in [6.07, 6.45) is 8.18. The van der Waals surface area contributed by atoms with Gasteiger partial charge in [0.05, 0.1) is 29.7 Å². The van der Waals surface area contributed by atoms with E-state index < -0.39 is 17.5 Å². The van der Waals surface area contributed by atoms with Gasteiger partial charge >= 0.3 is 0 Å². The van der Waals surface area contributed by atoms with E-state index in [1.807, 2.05) is 18.2 Å². The third-order valence-electron chi connectivity index (χ3n) is 6.12. The molecule has 1 fully saturated rings. The Balaban J connectivity index is 1.18. The minimum Gasteiger partial charge on any atom is -0.493 e. The van der Waals surface area contributed by atoms with Crippen molar-refractivity contribution in [3.63, 3.8) is 0 Å². The summed E-state index contributed by atoms with van der Waals surface area (Å²) in [5.74, 6) is -1.34. The van der Waals surface area contributed by atoms with Crippen LogP contribution in [0.1, 0.15) is 19.3 Å². The molecule has 1 aliphatic heterocycles. The molecule has 2 aromatic carbocycles. The second-order valence-corrected chi connectivity index (χ2v) is 8.85. The van der Waals surface area contributed by atoms with Crippen molar-refractivity contribution >= 4 is 34.0 Å². The highest BCUT2D eigenvalue weighted by Crippen LogP contribution is 2.26. The van der Waals surface area contributed by atoms with E-state index in [4.69, 9.17) is 4.74 Å². The number of benzene rings is 2. The number of likely N-dealkylation sites (tertiary alicyclic amines) is 1. The molecule has 2 aromatic heterocycles. The van der Waals surface area contributed by atoms with Crippen LogP contribution in [-0.4, -0.2) is 56.8 Å². The van der Waals surface area contributed by atoms with Crippen LogP contribution in [-0.2, 0) is 11.3 Å². The number of ether oxygens (including phenoxy) is 1. The number of amides is 1. The van der Waals surface area contributed by atoms with E-state index in [9.17, 15) is 13.6 Å². The topological polar surface area (TPSA) is 97.2 Å². The summed E-state index contributed by atoms with van der Waals surface area (Å²) in [6, 6.07) is 9.28. The summed E-state index contributed by atoms with van der Waals surface area (Å²) in [4.78, 5) is 23.4. The standard InChI is InChI=1S/C26H27F2N7O2/c27-21-5-3-6-22(25(21)28)33-24(36)16-35-15-18(14-31-35)32-26-20-8-7-19(13-23(20)29-17-30-26)37-12-4-11-34-9-1-2-10-34/h3,5-8,13-15,17H,1-2,4,9-12,16H2,(H,33,36)(H,29,30,32). The van der Waals surface area contributed by atoms with Gasteiger partial charge in [0.25, 0.3) is 0 Å². The van der Waals surface area contributed by atoms with Gasteiger partial charge < -0.3 is 20.3 Å². The fourth-order valence-corrected chi connectivity index (χ4v) is 4.30. The summed E-state index contributed by atoms with van der Waals surface area (Å²) in [5, 5.41) is 10.5. The Hall–Kier alpha value is -4.12. The number of aromatic nitrogens is 4. The van der Waals surface area contributed by atoms with Gasteiger partial charge in [0.1, 0.15) is 24.4 Å². The van der Waals surface area contributed by atoms with Crippen LogP contribution < -0.4 is 15.4 Å². The zero-order valence-corrected chi connectivity index (χ0v) is 20.2. The fourth-order valence-electron chi connectivity index (χ4n) is 4.30. The van der Waals surface area contributed by atoms with Gasteiger partial charge in [-0.15, -0.1) is 0 Å². The van der Waals surface area contributed by atoms with Crippen molar-refractivity contribution in [2.45, 2.75) is 25.8 Å². The van der Waals surface area contributed by atoms with Gasteiger partial charge in [0.15, 0.2) is 11.6 Å². The molecular weight excluding hydrogens is 480 g/mol. The molecule has 1 aliphatic rings. The first-order chi connectivity index (χ1) is 18.0. The number of nitrogens with one attached hydrogen (secondary N) is 2. The Morgan fingerprint density at radius 2 is 1.97 bits per heavy atom. The van der Waals surface area contributed by atoms with Crippen molar-refractivity contribution in [2.75, 3.05) is 36.9 Å². The molecule has 0 spiro atoms. The highest BCUT2D eigenvalue weighted by molar-refractivity contribution is 5.92. The van der Waals surface area contributed by atoms with E-state index >= 15 is 0 Å². The largest absolute Gasteiger partial charge is 0.493 e. The summed E-state index contributed by atoms with van der Waals surface area (Å²) in [6.45, 7) is 3.89. The van der Waals surface area contributed by atoms with E-state index in [-0.39, 0.29) is 12.2 Å². The molecule has 0 atom stereocenters. The Morgan fingerprint density at radius 3 is 2.84 bits per heavy atom. The minimum atomic E-state index is -1.11. The summed E-state index contributed by atoms with van der Waals surface area (Å²) >= 11 is 0. The van der Waals surface area contributed by atoms with Gasteiger partial charge in [-0.2, -0.15) is 5.10 Å². The van der Waals surface area contributed by atoms with Crippen molar-refractivity contribution in [2.24, 2.45) is 0 Å². The Morgan fingerprint density at radius 1 is 1.11 bits per heavy atom. The number of carbonyl (C=O) groups excluding carboxylic acids is 1. The number of rotatable bonds is 10. The molecular formula is C26H27F2N7O2. The van der Waals surface area contributed by atoms with Crippen molar-refractivity contribution in [3.05, 3.63) is 66.8 Å². The molecule has 3 heterocycles. The zero-order valence-electron chi connectivity index (χ0n) is 20.2.